The number of primary amides is 1. The van der Waals surface area contributed by atoms with Gasteiger partial charge in [-0.25, -0.2) is 4.39 Å². The second-order valence-corrected chi connectivity index (χ2v) is 6.62. The summed E-state index contributed by atoms with van der Waals surface area (Å²) in [7, 11) is 0. The van der Waals surface area contributed by atoms with E-state index in [0.717, 1.165) is 0 Å². The molecule has 27 heavy (non-hydrogen) atoms. The molecule has 0 unspecified atom stereocenters. The molecule has 0 radical (unpaired) electrons. The molecule has 1 amide bonds. The van der Waals surface area contributed by atoms with E-state index in [1.807, 2.05) is 19.9 Å². The highest BCUT2D eigenvalue weighted by atomic mass is 35.5. The van der Waals surface area contributed by atoms with Crippen LogP contribution in [-0.2, 0) is 4.79 Å². The average molecular weight is 390 g/mol. The van der Waals surface area contributed by atoms with E-state index in [2.05, 4.69) is 5.32 Å². The van der Waals surface area contributed by atoms with Gasteiger partial charge in [-0.1, -0.05) is 24.6 Å². The summed E-state index contributed by atoms with van der Waals surface area (Å²) in [6, 6.07) is 10.9. The molecule has 2 aromatic carbocycles. The van der Waals surface area contributed by atoms with E-state index in [-0.39, 0.29) is 29.3 Å². The maximum Gasteiger partial charge on any atom is 0.218 e. The van der Waals surface area contributed by atoms with Crippen molar-refractivity contribution >= 4 is 17.5 Å². The summed E-state index contributed by atoms with van der Waals surface area (Å²) >= 11 is 6.13. The third-order valence-electron chi connectivity index (χ3n) is 4.06. The fourth-order valence-corrected chi connectivity index (χ4v) is 2.94. The minimum Gasteiger partial charge on any atom is -0.453 e. The molecule has 0 spiro atoms. The Bertz CT molecular complexity index is 850. The van der Waals surface area contributed by atoms with Crippen LogP contribution in [0, 0.1) is 17.1 Å². The first-order valence-corrected chi connectivity index (χ1v) is 8.93. The average Bonchev–Trinajstić information content (AvgIpc) is 2.63. The van der Waals surface area contributed by atoms with Gasteiger partial charge in [0.15, 0.2) is 11.6 Å². The lowest BCUT2D eigenvalue weighted by molar-refractivity contribution is -0.118. The topological polar surface area (TPSA) is 88.1 Å². The van der Waals surface area contributed by atoms with Crippen LogP contribution < -0.4 is 15.8 Å². The Balaban J connectivity index is 2.29. The molecular formula is C20H21ClFN3O2. The van der Waals surface area contributed by atoms with Crippen LogP contribution >= 0.6 is 11.6 Å². The van der Waals surface area contributed by atoms with Crippen LogP contribution in [0.1, 0.15) is 43.9 Å². The molecule has 0 fully saturated rings. The fraction of sp³-hybridized carbons (Fsp3) is 0.300. The van der Waals surface area contributed by atoms with E-state index >= 15 is 4.39 Å². The molecule has 3 N–H and O–H groups in total. The minimum atomic E-state index is -0.572. The third-order valence-corrected chi connectivity index (χ3v) is 4.36. The molecule has 0 saturated carbocycles. The highest BCUT2D eigenvalue weighted by molar-refractivity contribution is 6.32. The largest absolute Gasteiger partial charge is 0.453 e. The number of halogens is 2. The number of ether oxygens (including phenoxy) is 1. The number of benzene rings is 2. The normalized spacial score (nSPS) is 12.9. The van der Waals surface area contributed by atoms with Crippen molar-refractivity contribution in [3.63, 3.8) is 0 Å². The summed E-state index contributed by atoms with van der Waals surface area (Å²) in [6.07, 6.45) is 0.748. The Morgan fingerprint density at radius 2 is 2.00 bits per heavy atom. The van der Waals surface area contributed by atoms with Gasteiger partial charge in [0.2, 0.25) is 5.91 Å². The lowest BCUT2D eigenvalue weighted by atomic mass is 10.0. The summed E-state index contributed by atoms with van der Waals surface area (Å²) in [6.45, 7) is 3.72. The predicted octanol–water partition coefficient (Wildman–Crippen LogP) is 4.45. The van der Waals surface area contributed by atoms with Gasteiger partial charge < -0.3 is 15.8 Å². The first-order valence-electron chi connectivity index (χ1n) is 8.56. The van der Waals surface area contributed by atoms with E-state index in [0.29, 0.717) is 23.3 Å². The Kier molecular flexibility index (Phi) is 7.17. The zero-order valence-electron chi connectivity index (χ0n) is 15.1. The standard InChI is InChI=1S/C20H21ClFN3O2/c1-3-17(25-12(2)10-18(24)26)15-8-9-16(21)20(19(15)22)27-14-6-4-13(11-23)5-7-14/h4-9,12,17,25H,3,10H2,1-2H3,(H2,24,26)/t12-,17-/m1/s1. The molecular weight excluding hydrogens is 369 g/mol. The summed E-state index contributed by atoms with van der Waals surface area (Å²) in [5.41, 5.74) is 6.08. The Hall–Kier alpha value is -2.62. The van der Waals surface area contributed by atoms with Crippen LogP contribution in [0.15, 0.2) is 36.4 Å². The van der Waals surface area contributed by atoms with Crippen molar-refractivity contribution in [3.8, 4) is 17.6 Å². The molecule has 0 bridgehead atoms. The number of amides is 1. The Morgan fingerprint density at radius 1 is 1.33 bits per heavy atom. The predicted molar refractivity (Wildman–Crippen MR) is 102 cm³/mol. The molecule has 5 nitrogen and oxygen atoms in total. The van der Waals surface area contributed by atoms with Crippen LogP contribution in [0.2, 0.25) is 5.02 Å². The number of nitrogens with zero attached hydrogens (tertiary/aromatic N) is 1. The van der Waals surface area contributed by atoms with Gasteiger partial charge in [-0.3, -0.25) is 4.79 Å². The Morgan fingerprint density at radius 3 is 2.56 bits per heavy atom. The van der Waals surface area contributed by atoms with Gasteiger partial charge >= 0.3 is 0 Å². The maximum absolute atomic E-state index is 15.1. The molecule has 2 aromatic rings. The van der Waals surface area contributed by atoms with Gasteiger partial charge in [-0.05, 0) is 43.7 Å². The van der Waals surface area contributed by atoms with Crippen LogP contribution in [0.5, 0.6) is 11.5 Å². The number of carbonyl (C=O) groups excluding carboxylic acids is 1. The molecule has 0 aliphatic rings. The second kappa shape index (κ2) is 9.36. The van der Waals surface area contributed by atoms with Crippen LogP contribution in [0.25, 0.3) is 0 Å². The lowest BCUT2D eigenvalue weighted by Gasteiger charge is -2.23. The smallest absolute Gasteiger partial charge is 0.218 e. The molecule has 0 aliphatic carbocycles. The maximum atomic E-state index is 15.1. The minimum absolute atomic E-state index is 0.0818. The van der Waals surface area contributed by atoms with Crippen LogP contribution in [0.3, 0.4) is 0 Å². The molecule has 0 aliphatic heterocycles. The molecule has 2 atom stereocenters. The van der Waals surface area contributed by atoms with Crippen molar-refractivity contribution in [2.24, 2.45) is 5.73 Å². The number of nitriles is 1. The van der Waals surface area contributed by atoms with E-state index in [1.54, 1.807) is 36.4 Å². The van der Waals surface area contributed by atoms with Gasteiger partial charge in [0.1, 0.15) is 5.75 Å². The van der Waals surface area contributed by atoms with E-state index < -0.39 is 11.7 Å². The van der Waals surface area contributed by atoms with Crippen molar-refractivity contribution in [1.82, 2.24) is 5.32 Å². The number of rotatable bonds is 8. The number of nitrogens with one attached hydrogen (secondary N) is 1. The van der Waals surface area contributed by atoms with E-state index in [9.17, 15) is 4.79 Å². The summed E-state index contributed by atoms with van der Waals surface area (Å²) in [4.78, 5) is 11.1. The first-order chi connectivity index (χ1) is 12.8. The van der Waals surface area contributed by atoms with E-state index in [4.69, 9.17) is 27.3 Å². The van der Waals surface area contributed by atoms with Gasteiger partial charge in [-0.15, -0.1) is 0 Å². The zero-order valence-corrected chi connectivity index (χ0v) is 15.9. The fourth-order valence-electron chi connectivity index (χ4n) is 2.76. The monoisotopic (exact) mass is 389 g/mol. The number of carbonyl (C=O) groups is 1. The molecule has 0 aromatic heterocycles. The first kappa shape index (κ1) is 20.7. The lowest BCUT2D eigenvalue weighted by Crippen LogP contribution is -2.34. The number of hydrogen-bond donors (Lipinski definition) is 2. The summed E-state index contributed by atoms with van der Waals surface area (Å²) < 4.78 is 20.7. The van der Waals surface area contributed by atoms with Crippen molar-refractivity contribution in [3.05, 3.63) is 58.4 Å². The molecule has 142 valence electrons. The highest BCUT2D eigenvalue weighted by Crippen LogP contribution is 2.36. The molecule has 0 saturated heterocycles. The van der Waals surface area contributed by atoms with Gasteiger partial charge in [0.05, 0.1) is 16.7 Å². The third kappa shape index (κ3) is 5.43. The van der Waals surface area contributed by atoms with Gasteiger partial charge in [-0.2, -0.15) is 5.26 Å². The number of nitrogens with two attached hydrogens (primary N) is 1. The van der Waals surface area contributed by atoms with Gasteiger partial charge in [0.25, 0.3) is 0 Å². The van der Waals surface area contributed by atoms with Crippen molar-refractivity contribution in [2.75, 3.05) is 0 Å². The second-order valence-electron chi connectivity index (χ2n) is 6.22. The zero-order chi connectivity index (χ0) is 20.0. The van der Waals surface area contributed by atoms with Crippen LogP contribution in [-0.4, -0.2) is 11.9 Å². The van der Waals surface area contributed by atoms with Crippen molar-refractivity contribution < 1.29 is 13.9 Å². The molecule has 2 rings (SSSR count). The number of hydrogen-bond acceptors (Lipinski definition) is 4. The quantitative estimate of drug-likeness (QED) is 0.698. The van der Waals surface area contributed by atoms with Crippen LogP contribution in [0.4, 0.5) is 4.39 Å². The van der Waals surface area contributed by atoms with Crippen molar-refractivity contribution in [2.45, 2.75) is 38.8 Å². The Labute approximate surface area is 162 Å². The summed E-state index contributed by atoms with van der Waals surface area (Å²) in [5, 5.41) is 12.2. The van der Waals surface area contributed by atoms with Gasteiger partial charge in [0, 0.05) is 24.1 Å². The SMILES string of the molecule is CC[C@@H](N[C@H](C)CC(N)=O)c1ccc(Cl)c(Oc2ccc(C#N)cc2)c1F. The molecule has 0 heterocycles. The highest BCUT2D eigenvalue weighted by Gasteiger charge is 2.22. The molecule has 7 heteroatoms. The van der Waals surface area contributed by atoms with Crippen molar-refractivity contribution in [1.29, 1.82) is 5.26 Å². The summed E-state index contributed by atoms with van der Waals surface area (Å²) in [5.74, 6) is -0.708. The van der Waals surface area contributed by atoms with E-state index in [1.165, 1.54) is 0 Å².